The Morgan fingerprint density at radius 2 is 1.71 bits per heavy atom. The Kier molecular flexibility index (Phi) is 7.52. The zero-order valence-electron chi connectivity index (χ0n) is 17.0. The van der Waals surface area contributed by atoms with Gasteiger partial charge in [-0.05, 0) is 57.4 Å². The molecule has 2 unspecified atom stereocenters. The molecule has 0 saturated carbocycles. The molecule has 1 heterocycles. The molecule has 2 atom stereocenters. The second-order valence-electron chi connectivity index (χ2n) is 7.46. The number of benzene rings is 3. The van der Waals surface area contributed by atoms with Gasteiger partial charge in [0.1, 0.15) is 16.5 Å². The Hall–Kier alpha value is -1.75. The van der Waals surface area contributed by atoms with E-state index >= 15 is 0 Å². The second-order valence-corrected chi connectivity index (χ2v) is 11.2. The number of rotatable bonds is 6. The Morgan fingerprint density at radius 3 is 2.35 bits per heavy atom. The summed E-state index contributed by atoms with van der Waals surface area (Å²) in [5.41, 5.74) is 4.65. The first-order chi connectivity index (χ1) is 16.0. The van der Waals surface area contributed by atoms with Gasteiger partial charge in [0.2, 0.25) is 10.0 Å². The summed E-state index contributed by atoms with van der Waals surface area (Å²) in [6.45, 7) is 0. The highest BCUT2D eigenvalue weighted by Crippen LogP contribution is 2.35. The van der Waals surface area contributed by atoms with E-state index in [4.69, 9.17) is 34.8 Å². The third kappa shape index (κ3) is 5.40. The van der Waals surface area contributed by atoms with Crippen LogP contribution in [0, 0.1) is 11.6 Å². The highest BCUT2D eigenvalue weighted by molar-refractivity contribution is 9.10. The SMILES string of the molecule is O=S(=O)(NC(C1=NNC(c2ccc(Cl)cc2)C1)c1ccc(Cl)cc1Cl)c1c(F)cc(F)cc1Br. The standard InChI is InChI=1S/C22H15BrCl3F2N3O2S/c23-16-8-14(27)9-18(28)22(16)34(32,33)31-21(15-6-5-13(25)7-17(15)26)20-10-19(29-30-20)11-1-3-12(24)4-2-11/h1-9,19,21,29,31H,10H2. The monoisotopic (exact) mass is 607 g/mol. The molecule has 2 N–H and O–H groups in total. The molecule has 0 bridgehead atoms. The molecular weight excluding hydrogens is 595 g/mol. The first-order valence-corrected chi connectivity index (χ1v) is 13.2. The maximum atomic E-state index is 14.5. The lowest BCUT2D eigenvalue weighted by Crippen LogP contribution is -2.34. The third-order valence-electron chi connectivity index (χ3n) is 5.16. The summed E-state index contributed by atoms with van der Waals surface area (Å²) in [6, 6.07) is 11.8. The van der Waals surface area contributed by atoms with Crippen molar-refractivity contribution < 1.29 is 17.2 Å². The fourth-order valence-corrected chi connectivity index (χ4v) is 6.59. The van der Waals surface area contributed by atoms with E-state index in [0.29, 0.717) is 33.8 Å². The lowest BCUT2D eigenvalue weighted by molar-refractivity contribution is 0.538. The summed E-state index contributed by atoms with van der Waals surface area (Å²) in [6.07, 6.45) is 0.320. The quantitative estimate of drug-likeness (QED) is 0.323. The van der Waals surface area contributed by atoms with Crippen molar-refractivity contribution in [2.24, 2.45) is 5.10 Å². The molecule has 3 aromatic rings. The molecule has 0 spiro atoms. The predicted molar refractivity (Wildman–Crippen MR) is 133 cm³/mol. The van der Waals surface area contributed by atoms with Gasteiger partial charge < -0.3 is 5.43 Å². The first-order valence-electron chi connectivity index (χ1n) is 9.74. The number of nitrogens with one attached hydrogen (secondary N) is 2. The predicted octanol–water partition coefficient (Wildman–Crippen LogP) is 6.80. The van der Waals surface area contributed by atoms with E-state index in [1.54, 1.807) is 24.3 Å². The molecule has 4 rings (SSSR count). The summed E-state index contributed by atoms with van der Waals surface area (Å²) in [7, 11) is -4.49. The smallest absolute Gasteiger partial charge is 0.245 e. The summed E-state index contributed by atoms with van der Waals surface area (Å²) < 4.78 is 56.7. The molecule has 1 aliphatic rings. The average molecular weight is 610 g/mol. The van der Waals surface area contributed by atoms with Crippen LogP contribution in [0.15, 0.2) is 69.1 Å². The minimum Gasteiger partial charge on any atom is -0.302 e. The highest BCUT2D eigenvalue weighted by Gasteiger charge is 2.34. The van der Waals surface area contributed by atoms with Crippen LogP contribution >= 0.6 is 50.7 Å². The van der Waals surface area contributed by atoms with Crippen LogP contribution in [-0.2, 0) is 10.0 Å². The lowest BCUT2D eigenvalue weighted by atomic mass is 9.96. The molecule has 12 heteroatoms. The molecule has 0 aliphatic carbocycles. The first kappa shape index (κ1) is 25.3. The van der Waals surface area contributed by atoms with Gasteiger partial charge in [-0.25, -0.2) is 17.2 Å². The summed E-state index contributed by atoms with van der Waals surface area (Å²) in [5.74, 6) is -2.17. The van der Waals surface area contributed by atoms with E-state index in [1.165, 1.54) is 6.07 Å². The van der Waals surface area contributed by atoms with E-state index < -0.39 is 32.6 Å². The number of halogens is 6. The highest BCUT2D eigenvalue weighted by atomic mass is 79.9. The van der Waals surface area contributed by atoms with Crippen molar-refractivity contribution in [1.82, 2.24) is 10.1 Å². The molecule has 1 aliphatic heterocycles. The molecule has 0 saturated heterocycles. The summed E-state index contributed by atoms with van der Waals surface area (Å²) in [5, 5.41) is 5.47. The van der Waals surface area contributed by atoms with E-state index in [9.17, 15) is 17.2 Å². The Balaban J connectivity index is 1.72. The molecule has 0 amide bonds. The van der Waals surface area contributed by atoms with E-state index in [1.807, 2.05) is 12.1 Å². The van der Waals surface area contributed by atoms with Crippen molar-refractivity contribution in [3.05, 3.63) is 96.9 Å². The van der Waals surface area contributed by atoms with Crippen LogP contribution in [0.3, 0.4) is 0 Å². The number of hydrazone groups is 1. The number of hydrogen-bond donors (Lipinski definition) is 2. The van der Waals surface area contributed by atoms with Crippen LogP contribution in [0.5, 0.6) is 0 Å². The summed E-state index contributed by atoms with van der Waals surface area (Å²) >= 11 is 21.3. The van der Waals surface area contributed by atoms with Crippen molar-refractivity contribution >= 4 is 66.5 Å². The zero-order chi connectivity index (χ0) is 24.6. The third-order valence-corrected chi connectivity index (χ3v) is 8.36. The van der Waals surface area contributed by atoms with Crippen molar-refractivity contribution in [2.75, 3.05) is 0 Å². The van der Waals surface area contributed by atoms with Crippen LogP contribution in [-0.4, -0.2) is 14.1 Å². The fraction of sp³-hybridized carbons (Fsp3) is 0.136. The van der Waals surface area contributed by atoms with Crippen LogP contribution in [0.1, 0.15) is 29.6 Å². The zero-order valence-corrected chi connectivity index (χ0v) is 21.7. The van der Waals surface area contributed by atoms with Crippen LogP contribution < -0.4 is 10.1 Å². The van der Waals surface area contributed by atoms with Gasteiger partial charge in [-0.2, -0.15) is 9.82 Å². The minimum absolute atomic E-state index is 0.191. The normalized spacial score (nSPS) is 16.8. The van der Waals surface area contributed by atoms with Gasteiger partial charge in [-0.1, -0.05) is 53.0 Å². The van der Waals surface area contributed by atoms with Gasteiger partial charge in [0.05, 0.1) is 17.8 Å². The molecule has 34 heavy (non-hydrogen) atoms. The van der Waals surface area contributed by atoms with Crippen molar-refractivity contribution in [3.8, 4) is 0 Å². The van der Waals surface area contributed by atoms with Crippen molar-refractivity contribution in [2.45, 2.75) is 23.4 Å². The number of hydrogen-bond acceptors (Lipinski definition) is 4. The lowest BCUT2D eigenvalue weighted by Gasteiger charge is -2.21. The molecule has 0 fully saturated rings. The summed E-state index contributed by atoms with van der Waals surface area (Å²) in [4.78, 5) is -0.732. The average Bonchev–Trinajstić information content (AvgIpc) is 3.22. The molecule has 0 aromatic heterocycles. The van der Waals surface area contributed by atoms with Crippen LogP contribution in [0.25, 0.3) is 0 Å². The Morgan fingerprint density at radius 1 is 1.03 bits per heavy atom. The molecule has 0 radical (unpaired) electrons. The maximum Gasteiger partial charge on any atom is 0.245 e. The Labute approximate surface area is 218 Å². The van der Waals surface area contributed by atoms with Crippen LogP contribution in [0.4, 0.5) is 8.78 Å². The second kappa shape index (κ2) is 10.1. The Bertz CT molecular complexity index is 1370. The van der Waals surface area contributed by atoms with Gasteiger partial charge in [0, 0.05) is 32.0 Å². The largest absolute Gasteiger partial charge is 0.302 e. The molecular formula is C22H15BrCl3F2N3O2S. The van der Waals surface area contributed by atoms with E-state index in [2.05, 4.69) is 31.2 Å². The van der Waals surface area contributed by atoms with Gasteiger partial charge in [-0.3, -0.25) is 0 Å². The van der Waals surface area contributed by atoms with Crippen molar-refractivity contribution in [1.29, 1.82) is 0 Å². The number of nitrogens with zero attached hydrogens (tertiary/aromatic N) is 1. The fourth-order valence-electron chi connectivity index (χ4n) is 3.58. The molecule has 5 nitrogen and oxygen atoms in total. The van der Waals surface area contributed by atoms with E-state index in [-0.39, 0.29) is 15.5 Å². The molecule has 178 valence electrons. The van der Waals surface area contributed by atoms with Crippen LogP contribution in [0.2, 0.25) is 15.1 Å². The van der Waals surface area contributed by atoms with Gasteiger partial charge in [0.25, 0.3) is 0 Å². The topological polar surface area (TPSA) is 70.6 Å². The van der Waals surface area contributed by atoms with E-state index in [0.717, 1.165) is 11.6 Å². The van der Waals surface area contributed by atoms with Gasteiger partial charge in [0.15, 0.2) is 0 Å². The van der Waals surface area contributed by atoms with Crippen molar-refractivity contribution in [3.63, 3.8) is 0 Å². The maximum absolute atomic E-state index is 14.5. The minimum atomic E-state index is -4.49. The van der Waals surface area contributed by atoms with Gasteiger partial charge in [-0.15, -0.1) is 0 Å². The number of sulfonamides is 1. The molecule has 3 aromatic carbocycles. The van der Waals surface area contributed by atoms with Gasteiger partial charge >= 0.3 is 0 Å².